The largest absolute Gasteiger partial charge is 0.459 e. The van der Waals surface area contributed by atoms with Crippen LogP contribution in [-0.2, 0) is 4.79 Å². The molecule has 0 bridgehead atoms. The minimum absolute atomic E-state index is 0.0928. The molecule has 2 fully saturated rings. The number of carbonyl (C=O) groups excluding carboxylic acids is 2. The molecule has 2 aromatic heterocycles. The summed E-state index contributed by atoms with van der Waals surface area (Å²) in [6, 6.07) is 5.48. The van der Waals surface area contributed by atoms with Gasteiger partial charge >= 0.3 is 0 Å². The molecule has 4 rings (SSSR count). The number of rotatable bonds is 5. The third kappa shape index (κ3) is 3.00. The third-order valence-corrected chi connectivity index (χ3v) is 5.17. The van der Waals surface area contributed by atoms with Crippen molar-refractivity contribution in [2.45, 2.75) is 57.2 Å². The summed E-state index contributed by atoms with van der Waals surface area (Å²) in [7, 11) is 0. The van der Waals surface area contributed by atoms with Gasteiger partial charge in [-0.2, -0.15) is 0 Å². The van der Waals surface area contributed by atoms with Crippen LogP contribution in [0.15, 0.2) is 41.3 Å². The Morgan fingerprint density at radius 2 is 2.15 bits per heavy atom. The van der Waals surface area contributed by atoms with Gasteiger partial charge in [-0.3, -0.25) is 14.6 Å². The van der Waals surface area contributed by atoms with E-state index < -0.39 is 0 Å². The summed E-state index contributed by atoms with van der Waals surface area (Å²) >= 11 is 0. The number of nitrogens with one attached hydrogen (secondary N) is 1. The molecule has 2 aliphatic rings. The summed E-state index contributed by atoms with van der Waals surface area (Å²) in [5.74, 6) is 0.359. The van der Waals surface area contributed by atoms with Gasteiger partial charge in [0.05, 0.1) is 18.3 Å². The molecule has 0 aromatic carbocycles. The number of hydrogen-bond donors (Lipinski definition) is 1. The van der Waals surface area contributed by atoms with Crippen LogP contribution in [0.1, 0.15) is 66.8 Å². The maximum Gasteiger partial charge on any atom is 0.287 e. The second kappa shape index (κ2) is 6.59. The predicted octanol–water partition coefficient (Wildman–Crippen LogP) is 3.03. The molecule has 1 saturated carbocycles. The van der Waals surface area contributed by atoms with E-state index in [1.165, 1.54) is 0 Å². The first-order valence-corrected chi connectivity index (χ1v) is 9.15. The molecule has 2 atom stereocenters. The molecule has 26 heavy (non-hydrogen) atoms. The fourth-order valence-electron chi connectivity index (χ4n) is 3.80. The Labute approximate surface area is 152 Å². The number of aromatic nitrogens is 1. The lowest BCUT2D eigenvalue weighted by molar-refractivity contribution is -0.129. The first kappa shape index (κ1) is 16.8. The molecule has 6 heteroatoms. The number of likely N-dealkylation sites (tertiary alicyclic amines) is 1. The molecule has 0 radical (unpaired) electrons. The van der Waals surface area contributed by atoms with Crippen molar-refractivity contribution in [3.05, 3.63) is 53.7 Å². The van der Waals surface area contributed by atoms with Crippen molar-refractivity contribution in [1.29, 1.82) is 0 Å². The summed E-state index contributed by atoms with van der Waals surface area (Å²) in [6.07, 6.45) is 7.40. The van der Waals surface area contributed by atoms with Gasteiger partial charge in [-0.25, -0.2) is 0 Å². The topological polar surface area (TPSA) is 75.4 Å². The third-order valence-electron chi connectivity index (χ3n) is 5.17. The molecule has 1 N–H and O–H groups in total. The Morgan fingerprint density at radius 3 is 2.81 bits per heavy atom. The van der Waals surface area contributed by atoms with Crippen LogP contribution >= 0.6 is 0 Å². The van der Waals surface area contributed by atoms with Gasteiger partial charge in [-0.1, -0.05) is 19.9 Å². The monoisotopic (exact) mass is 353 g/mol. The van der Waals surface area contributed by atoms with Crippen molar-refractivity contribution in [3.63, 3.8) is 0 Å². The second-order valence-electron chi connectivity index (χ2n) is 7.41. The van der Waals surface area contributed by atoms with Crippen LogP contribution in [-0.4, -0.2) is 33.8 Å². The van der Waals surface area contributed by atoms with Crippen LogP contribution in [0.5, 0.6) is 0 Å². The Hall–Kier alpha value is -2.63. The normalized spacial score (nSPS) is 22.9. The zero-order chi connectivity index (χ0) is 18.3. The molecule has 136 valence electrons. The lowest BCUT2D eigenvalue weighted by Crippen LogP contribution is -2.40. The Bertz CT molecular complexity index is 811. The predicted molar refractivity (Wildman–Crippen MR) is 95.5 cm³/mol. The number of carbonyl (C=O) groups is 2. The highest BCUT2D eigenvalue weighted by Crippen LogP contribution is 2.41. The van der Waals surface area contributed by atoms with E-state index in [2.05, 4.69) is 10.3 Å². The Morgan fingerprint density at radius 1 is 1.35 bits per heavy atom. The van der Waals surface area contributed by atoms with Gasteiger partial charge in [0.1, 0.15) is 0 Å². The van der Waals surface area contributed by atoms with Crippen LogP contribution in [0.4, 0.5) is 0 Å². The number of furan rings is 1. The van der Waals surface area contributed by atoms with Crippen LogP contribution in [0.2, 0.25) is 0 Å². The summed E-state index contributed by atoms with van der Waals surface area (Å²) < 4.78 is 5.43. The fourth-order valence-corrected chi connectivity index (χ4v) is 3.80. The quantitative estimate of drug-likeness (QED) is 0.896. The van der Waals surface area contributed by atoms with E-state index in [-0.39, 0.29) is 35.9 Å². The van der Waals surface area contributed by atoms with Gasteiger partial charge in [-0.05, 0) is 36.5 Å². The van der Waals surface area contributed by atoms with E-state index in [4.69, 9.17) is 4.42 Å². The molecule has 0 spiro atoms. The summed E-state index contributed by atoms with van der Waals surface area (Å²) in [5.41, 5.74) is 1.84. The Balaban J connectivity index is 1.61. The number of amides is 2. The smallest absolute Gasteiger partial charge is 0.287 e. The highest BCUT2D eigenvalue weighted by molar-refractivity contribution is 5.94. The van der Waals surface area contributed by atoms with Crippen LogP contribution in [0, 0.1) is 0 Å². The molecule has 2 amide bonds. The lowest BCUT2D eigenvalue weighted by atomic mass is 10.0. The van der Waals surface area contributed by atoms with E-state index in [1.807, 2.05) is 36.9 Å². The highest BCUT2D eigenvalue weighted by atomic mass is 16.3. The fraction of sp³-hybridized carbons (Fsp3) is 0.450. The van der Waals surface area contributed by atoms with E-state index in [0.717, 1.165) is 24.0 Å². The van der Waals surface area contributed by atoms with E-state index >= 15 is 0 Å². The van der Waals surface area contributed by atoms with Crippen LogP contribution in [0.3, 0.4) is 0 Å². The molecular weight excluding hydrogens is 330 g/mol. The van der Waals surface area contributed by atoms with Crippen molar-refractivity contribution in [1.82, 2.24) is 15.2 Å². The molecule has 6 nitrogen and oxygen atoms in total. The minimum atomic E-state index is -0.287. The standard InChI is InChI=1S/C20H23N3O3/c1-12(2)15-7-9-26-19(15)20(25)22-16-10-17(24)23(14-5-6-14)18(16)13-4-3-8-21-11-13/h3-4,7-9,11-12,14,16,18H,5-6,10H2,1-2H3,(H,22,25)/t16-,18+/m1/s1. The van der Waals surface area contributed by atoms with Crippen molar-refractivity contribution in [2.24, 2.45) is 0 Å². The number of nitrogens with zero attached hydrogens (tertiary/aromatic N) is 2. The van der Waals surface area contributed by atoms with Crippen molar-refractivity contribution in [2.75, 3.05) is 0 Å². The van der Waals surface area contributed by atoms with Gasteiger partial charge < -0.3 is 14.6 Å². The van der Waals surface area contributed by atoms with Crippen molar-refractivity contribution in [3.8, 4) is 0 Å². The van der Waals surface area contributed by atoms with Crippen molar-refractivity contribution < 1.29 is 14.0 Å². The lowest BCUT2D eigenvalue weighted by Gasteiger charge is -2.28. The van der Waals surface area contributed by atoms with Gasteiger partial charge in [0, 0.05) is 30.4 Å². The van der Waals surface area contributed by atoms with Gasteiger partial charge in [0.25, 0.3) is 5.91 Å². The number of pyridine rings is 1. The first-order valence-electron chi connectivity index (χ1n) is 9.15. The molecule has 1 saturated heterocycles. The maximum atomic E-state index is 12.8. The highest BCUT2D eigenvalue weighted by Gasteiger charge is 2.48. The Kier molecular flexibility index (Phi) is 4.26. The van der Waals surface area contributed by atoms with Gasteiger partial charge in [0.2, 0.25) is 5.91 Å². The zero-order valence-corrected chi connectivity index (χ0v) is 15.0. The SMILES string of the molecule is CC(C)c1ccoc1C(=O)N[C@@H]1CC(=O)N(C2CC2)[C@H]1c1cccnc1. The van der Waals surface area contributed by atoms with E-state index in [1.54, 1.807) is 18.7 Å². The zero-order valence-electron chi connectivity index (χ0n) is 15.0. The molecule has 3 heterocycles. The van der Waals surface area contributed by atoms with Gasteiger partial charge in [-0.15, -0.1) is 0 Å². The summed E-state index contributed by atoms with van der Waals surface area (Å²) in [6.45, 7) is 4.04. The molecule has 2 aromatic rings. The van der Waals surface area contributed by atoms with E-state index in [0.29, 0.717) is 12.2 Å². The minimum Gasteiger partial charge on any atom is -0.459 e. The maximum absolute atomic E-state index is 12.8. The van der Waals surface area contributed by atoms with Crippen molar-refractivity contribution >= 4 is 11.8 Å². The molecule has 1 aliphatic carbocycles. The summed E-state index contributed by atoms with van der Waals surface area (Å²) in [4.78, 5) is 31.6. The average Bonchev–Trinajstić information content (AvgIpc) is 3.22. The molecule has 0 unspecified atom stereocenters. The molecular formula is C20H23N3O3. The summed E-state index contributed by atoms with van der Waals surface area (Å²) in [5, 5.41) is 3.05. The second-order valence-corrected chi connectivity index (χ2v) is 7.41. The van der Waals surface area contributed by atoms with E-state index in [9.17, 15) is 9.59 Å². The van der Waals surface area contributed by atoms with Crippen LogP contribution in [0.25, 0.3) is 0 Å². The van der Waals surface area contributed by atoms with Gasteiger partial charge in [0.15, 0.2) is 5.76 Å². The number of hydrogen-bond acceptors (Lipinski definition) is 4. The first-order chi connectivity index (χ1) is 12.6. The average molecular weight is 353 g/mol. The molecule has 1 aliphatic heterocycles. The van der Waals surface area contributed by atoms with Crippen LogP contribution < -0.4 is 5.32 Å².